The highest BCUT2D eigenvalue weighted by atomic mass is 16.5. The van der Waals surface area contributed by atoms with Gasteiger partial charge in [-0.3, -0.25) is 19.3 Å². The SMILES string of the molecule is COc1ccc(C(=O)COc2ccc(N3C(=O)[C@@H]4[C@@H]5C=C[C@@H]([C@H]6C[C@@H]56)[C@@H]4C3=O)cc2)cn1. The molecule has 5 aliphatic rings. The van der Waals surface area contributed by atoms with Crippen LogP contribution in [0.4, 0.5) is 5.69 Å². The molecule has 2 heterocycles. The molecule has 2 bridgehead atoms. The lowest BCUT2D eigenvalue weighted by Crippen LogP contribution is -2.40. The van der Waals surface area contributed by atoms with E-state index in [0.29, 0.717) is 34.7 Å². The van der Waals surface area contributed by atoms with Crippen LogP contribution in [0.1, 0.15) is 16.8 Å². The Labute approximate surface area is 185 Å². The first kappa shape index (κ1) is 19.2. The maximum absolute atomic E-state index is 13.2. The van der Waals surface area contributed by atoms with Crippen molar-refractivity contribution >= 4 is 23.3 Å². The third-order valence-electron chi connectivity index (χ3n) is 7.40. The summed E-state index contributed by atoms with van der Waals surface area (Å²) >= 11 is 0. The summed E-state index contributed by atoms with van der Waals surface area (Å²) < 4.78 is 10.6. The number of anilines is 1. The molecule has 0 spiro atoms. The van der Waals surface area contributed by atoms with Crippen molar-refractivity contribution in [1.29, 1.82) is 0 Å². The Morgan fingerprint density at radius 3 is 2.22 bits per heavy atom. The predicted molar refractivity (Wildman–Crippen MR) is 114 cm³/mol. The van der Waals surface area contributed by atoms with Crippen LogP contribution in [0.25, 0.3) is 0 Å². The topological polar surface area (TPSA) is 85.8 Å². The maximum atomic E-state index is 13.2. The fourth-order valence-electron chi connectivity index (χ4n) is 5.80. The Morgan fingerprint density at radius 1 is 1.00 bits per heavy atom. The standard InChI is InChI=1S/C25H22N2O5/c1-31-21-9-2-13(11-26-21)20(28)12-32-15-5-3-14(4-6-15)27-24(29)22-16-7-8-17(19-10-18(16)19)23(22)25(27)30/h2-9,11,16-19,22-23H,10,12H2,1H3/t16-,17+,18+,19-,22-,23+. The van der Waals surface area contributed by atoms with Crippen molar-refractivity contribution in [2.75, 3.05) is 18.6 Å². The minimum atomic E-state index is -0.215. The normalized spacial score (nSPS) is 31.3. The van der Waals surface area contributed by atoms with E-state index in [4.69, 9.17) is 9.47 Å². The molecule has 2 saturated carbocycles. The van der Waals surface area contributed by atoms with Crippen molar-refractivity contribution in [3.8, 4) is 11.6 Å². The number of rotatable bonds is 6. The number of hydrogen-bond donors (Lipinski definition) is 0. The van der Waals surface area contributed by atoms with Gasteiger partial charge in [0.2, 0.25) is 23.5 Å². The molecule has 7 nitrogen and oxygen atoms in total. The van der Waals surface area contributed by atoms with Gasteiger partial charge < -0.3 is 9.47 Å². The summed E-state index contributed by atoms with van der Waals surface area (Å²) in [6, 6.07) is 10.0. The smallest absolute Gasteiger partial charge is 0.238 e. The molecule has 2 amide bonds. The molecule has 0 N–H and O–H groups in total. The second-order valence-electron chi connectivity index (χ2n) is 8.96. The highest BCUT2D eigenvalue weighted by Crippen LogP contribution is 2.65. The number of carbonyl (C=O) groups is 3. The van der Waals surface area contributed by atoms with Crippen LogP contribution in [0.15, 0.2) is 54.7 Å². The van der Waals surface area contributed by atoms with Crippen molar-refractivity contribution in [1.82, 2.24) is 4.98 Å². The lowest BCUT2D eigenvalue weighted by atomic mass is 9.63. The van der Waals surface area contributed by atoms with Gasteiger partial charge in [-0.25, -0.2) is 4.98 Å². The van der Waals surface area contributed by atoms with Crippen molar-refractivity contribution < 1.29 is 23.9 Å². The molecule has 1 aromatic carbocycles. The summed E-state index contributed by atoms with van der Waals surface area (Å²) in [5.74, 6) is 1.69. The number of benzene rings is 1. The number of carbonyl (C=O) groups excluding carboxylic acids is 3. The van der Waals surface area contributed by atoms with Crippen LogP contribution in [-0.4, -0.2) is 36.3 Å². The van der Waals surface area contributed by atoms with Gasteiger partial charge in [0.25, 0.3) is 0 Å². The maximum Gasteiger partial charge on any atom is 0.238 e. The molecule has 1 aliphatic heterocycles. The van der Waals surface area contributed by atoms with Crippen LogP contribution < -0.4 is 14.4 Å². The average molecular weight is 430 g/mol. The van der Waals surface area contributed by atoms with Crippen molar-refractivity contribution in [2.24, 2.45) is 35.5 Å². The van der Waals surface area contributed by atoms with Crippen LogP contribution in [0.5, 0.6) is 11.6 Å². The molecule has 32 heavy (non-hydrogen) atoms. The zero-order valence-corrected chi connectivity index (χ0v) is 17.5. The summed E-state index contributed by atoms with van der Waals surface area (Å²) in [4.78, 5) is 44.1. The molecule has 4 aliphatic carbocycles. The Morgan fingerprint density at radius 2 is 1.66 bits per heavy atom. The van der Waals surface area contributed by atoms with E-state index in [1.807, 2.05) is 0 Å². The number of Topliss-reactive ketones (excluding diaryl/α,β-unsaturated/α-hetero) is 1. The molecule has 162 valence electrons. The molecule has 1 saturated heterocycles. The zero-order chi connectivity index (χ0) is 22.0. The van der Waals surface area contributed by atoms with E-state index < -0.39 is 0 Å². The largest absolute Gasteiger partial charge is 0.485 e. The number of imide groups is 1. The summed E-state index contributed by atoms with van der Waals surface area (Å²) in [7, 11) is 1.51. The first-order chi connectivity index (χ1) is 15.6. The van der Waals surface area contributed by atoms with Gasteiger partial charge in [-0.05, 0) is 60.4 Å². The molecule has 1 aromatic heterocycles. The number of nitrogens with zero attached hydrogens (tertiary/aromatic N) is 2. The summed E-state index contributed by atoms with van der Waals surface area (Å²) in [6.45, 7) is -0.142. The van der Waals surface area contributed by atoms with Gasteiger partial charge in [0.05, 0.1) is 24.6 Å². The van der Waals surface area contributed by atoms with Crippen molar-refractivity contribution in [3.05, 3.63) is 60.3 Å². The highest BCUT2D eigenvalue weighted by molar-refractivity contribution is 6.22. The molecule has 7 heteroatoms. The van der Waals surface area contributed by atoms with Crippen molar-refractivity contribution in [2.45, 2.75) is 6.42 Å². The van der Waals surface area contributed by atoms with Gasteiger partial charge in [0, 0.05) is 17.8 Å². The summed E-state index contributed by atoms with van der Waals surface area (Å²) in [5.41, 5.74) is 0.986. The van der Waals surface area contributed by atoms with E-state index in [1.165, 1.54) is 18.2 Å². The number of methoxy groups -OCH3 is 1. The Hall–Kier alpha value is -3.48. The molecule has 2 aromatic rings. The summed E-state index contributed by atoms with van der Waals surface area (Å²) in [6.07, 6.45) is 6.93. The minimum Gasteiger partial charge on any atom is -0.485 e. The Kier molecular flexibility index (Phi) is 4.22. The monoisotopic (exact) mass is 430 g/mol. The van der Waals surface area contributed by atoms with E-state index in [-0.39, 0.29) is 47.9 Å². The Balaban J connectivity index is 1.14. The number of hydrogen-bond acceptors (Lipinski definition) is 6. The van der Waals surface area contributed by atoms with Gasteiger partial charge in [-0.1, -0.05) is 12.2 Å². The number of aromatic nitrogens is 1. The second-order valence-corrected chi connectivity index (χ2v) is 8.96. The molecule has 0 unspecified atom stereocenters. The van der Waals surface area contributed by atoms with Gasteiger partial charge >= 0.3 is 0 Å². The van der Waals surface area contributed by atoms with Crippen LogP contribution in [0, 0.1) is 35.5 Å². The predicted octanol–water partition coefficient (Wildman–Crippen LogP) is 2.91. The average Bonchev–Trinajstić information content (AvgIpc) is 3.61. The van der Waals surface area contributed by atoms with Gasteiger partial charge in [-0.15, -0.1) is 0 Å². The zero-order valence-electron chi connectivity index (χ0n) is 17.5. The van der Waals surface area contributed by atoms with E-state index in [0.717, 1.165) is 6.42 Å². The van der Waals surface area contributed by atoms with Gasteiger partial charge in [0.15, 0.2) is 6.61 Å². The fourth-order valence-corrected chi connectivity index (χ4v) is 5.80. The third kappa shape index (κ3) is 2.80. The van der Waals surface area contributed by atoms with E-state index in [9.17, 15) is 14.4 Å². The van der Waals surface area contributed by atoms with Crippen LogP contribution in [-0.2, 0) is 9.59 Å². The minimum absolute atomic E-state index is 0.0828. The van der Waals surface area contributed by atoms with Crippen LogP contribution in [0.2, 0.25) is 0 Å². The molecular formula is C25H22N2O5. The first-order valence-electron chi connectivity index (χ1n) is 10.9. The molecule has 7 rings (SSSR count). The lowest BCUT2D eigenvalue weighted by Gasteiger charge is -2.37. The van der Waals surface area contributed by atoms with E-state index >= 15 is 0 Å². The lowest BCUT2D eigenvalue weighted by molar-refractivity contribution is -0.124. The van der Waals surface area contributed by atoms with E-state index in [2.05, 4.69) is 17.1 Å². The Bertz CT molecular complexity index is 1100. The van der Waals surface area contributed by atoms with Crippen LogP contribution >= 0.6 is 0 Å². The molecule has 6 atom stereocenters. The van der Waals surface area contributed by atoms with Gasteiger partial charge in [-0.2, -0.15) is 0 Å². The first-order valence-corrected chi connectivity index (χ1v) is 10.9. The summed E-state index contributed by atoms with van der Waals surface area (Å²) in [5, 5.41) is 0. The molecule has 3 fully saturated rings. The number of pyridine rings is 1. The third-order valence-corrected chi connectivity index (χ3v) is 7.40. The van der Waals surface area contributed by atoms with Crippen LogP contribution in [0.3, 0.4) is 0 Å². The number of ketones is 1. The molecule has 0 radical (unpaired) electrons. The highest BCUT2D eigenvalue weighted by Gasteiger charge is 2.67. The van der Waals surface area contributed by atoms with Gasteiger partial charge in [0.1, 0.15) is 5.75 Å². The molecular weight excluding hydrogens is 408 g/mol. The fraction of sp³-hybridized carbons (Fsp3) is 0.360. The number of allylic oxidation sites excluding steroid dienone is 2. The van der Waals surface area contributed by atoms with Crippen molar-refractivity contribution in [3.63, 3.8) is 0 Å². The number of ether oxygens (including phenoxy) is 2. The number of amides is 2. The quantitative estimate of drug-likeness (QED) is 0.398. The van der Waals surface area contributed by atoms with E-state index in [1.54, 1.807) is 36.4 Å². The second kappa shape index (κ2) is 7.02.